The Hall–Kier alpha value is -1.79. The second-order valence-electron chi connectivity index (χ2n) is 11.8. The molecule has 3 heterocycles. The van der Waals surface area contributed by atoms with Crippen molar-refractivity contribution in [2.45, 2.75) is 95.1 Å². The van der Waals surface area contributed by atoms with E-state index in [0.29, 0.717) is 30.6 Å². The number of piperidine rings is 1. The van der Waals surface area contributed by atoms with E-state index in [1.165, 1.54) is 83.0 Å². The van der Waals surface area contributed by atoms with Gasteiger partial charge in [-0.2, -0.15) is 0 Å². The molecule has 0 bridgehead atoms. The predicted molar refractivity (Wildman–Crippen MR) is 135 cm³/mol. The number of rotatable bonds is 7. The number of carbonyl (C=O) groups excluding carboxylic acids is 1. The zero-order valence-electron chi connectivity index (χ0n) is 21.1. The van der Waals surface area contributed by atoms with Crippen molar-refractivity contribution in [3.05, 3.63) is 23.8 Å². The fourth-order valence-electron chi connectivity index (χ4n) is 7.18. The van der Waals surface area contributed by atoms with Crippen molar-refractivity contribution >= 4 is 5.91 Å². The minimum absolute atomic E-state index is 0.148. The highest BCUT2D eigenvalue weighted by atomic mass is 16.7. The highest BCUT2D eigenvalue weighted by Crippen LogP contribution is 2.57. The molecule has 5 aliphatic rings. The van der Waals surface area contributed by atoms with Crippen LogP contribution in [0.25, 0.3) is 0 Å². The van der Waals surface area contributed by atoms with Gasteiger partial charge in [0.2, 0.25) is 12.7 Å². The van der Waals surface area contributed by atoms with Crippen LogP contribution in [-0.2, 0) is 9.53 Å². The van der Waals surface area contributed by atoms with Gasteiger partial charge in [-0.05, 0) is 114 Å². The molecule has 0 unspecified atom stereocenters. The first-order valence-electron chi connectivity index (χ1n) is 14.2. The van der Waals surface area contributed by atoms with Crippen LogP contribution in [0.1, 0.15) is 88.5 Å². The Morgan fingerprint density at radius 2 is 1.91 bits per heavy atom. The Morgan fingerprint density at radius 3 is 2.71 bits per heavy atom. The van der Waals surface area contributed by atoms with Crippen LogP contribution < -0.4 is 14.8 Å². The summed E-state index contributed by atoms with van der Waals surface area (Å²) in [5, 5.41) is 3.35. The summed E-state index contributed by atoms with van der Waals surface area (Å²) < 4.78 is 17.1. The topological polar surface area (TPSA) is 60.0 Å². The molecule has 2 atom stereocenters. The molecule has 0 aromatic heterocycles. The van der Waals surface area contributed by atoms with Gasteiger partial charge in [-0.25, -0.2) is 0 Å². The number of ether oxygens (including phenoxy) is 3. The van der Waals surface area contributed by atoms with Crippen LogP contribution >= 0.6 is 0 Å². The van der Waals surface area contributed by atoms with Crippen LogP contribution in [0, 0.1) is 11.3 Å². The number of nitrogens with zero attached hydrogens (tertiary/aromatic N) is 1. The number of likely N-dealkylation sites (tertiary alicyclic amines) is 1. The van der Waals surface area contributed by atoms with Gasteiger partial charge >= 0.3 is 0 Å². The summed E-state index contributed by atoms with van der Waals surface area (Å²) in [6.07, 6.45) is 14.3. The molecule has 1 N–H and O–H groups in total. The smallest absolute Gasteiger partial charge is 0.231 e. The Labute approximate surface area is 210 Å². The van der Waals surface area contributed by atoms with Crippen LogP contribution in [0.2, 0.25) is 0 Å². The first kappa shape index (κ1) is 23.6. The van der Waals surface area contributed by atoms with Gasteiger partial charge in [0.15, 0.2) is 11.5 Å². The Balaban J connectivity index is 0.889. The summed E-state index contributed by atoms with van der Waals surface area (Å²) in [5.74, 6) is 3.55. The fraction of sp³-hybridized carbons (Fsp3) is 0.759. The number of nitrogens with one attached hydrogen (secondary N) is 1. The van der Waals surface area contributed by atoms with Gasteiger partial charge in [-0.3, -0.25) is 4.79 Å². The molecular formula is C29H42N2O4. The van der Waals surface area contributed by atoms with Gasteiger partial charge in [0.05, 0.1) is 12.5 Å². The summed E-state index contributed by atoms with van der Waals surface area (Å²) in [6, 6.07) is 6.77. The van der Waals surface area contributed by atoms with Gasteiger partial charge in [-0.15, -0.1) is 0 Å². The molecule has 3 aliphatic heterocycles. The van der Waals surface area contributed by atoms with Crippen LogP contribution in [0.15, 0.2) is 18.2 Å². The Kier molecular flexibility index (Phi) is 6.94. The molecule has 2 saturated carbocycles. The number of hydrogen-bond acceptors (Lipinski definition) is 5. The molecular weight excluding hydrogens is 440 g/mol. The van der Waals surface area contributed by atoms with Crippen LogP contribution in [0.5, 0.6) is 11.5 Å². The quantitative estimate of drug-likeness (QED) is 0.592. The maximum absolute atomic E-state index is 12.5. The highest BCUT2D eigenvalue weighted by molar-refractivity contribution is 5.77. The van der Waals surface area contributed by atoms with E-state index in [2.05, 4.69) is 22.3 Å². The highest BCUT2D eigenvalue weighted by Gasteiger charge is 2.55. The molecule has 1 aromatic rings. The number of amides is 1. The van der Waals surface area contributed by atoms with Gasteiger partial charge < -0.3 is 24.4 Å². The first-order valence-corrected chi connectivity index (χ1v) is 14.2. The first-order chi connectivity index (χ1) is 17.2. The fourth-order valence-corrected chi connectivity index (χ4v) is 7.18. The largest absolute Gasteiger partial charge is 0.454 e. The number of benzene rings is 1. The van der Waals surface area contributed by atoms with E-state index in [-0.39, 0.29) is 12.0 Å². The summed E-state index contributed by atoms with van der Waals surface area (Å²) >= 11 is 0. The third-order valence-corrected chi connectivity index (χ3v) is 9.62. The van der Waals surface area contributed by atoms with Crippen molar-refractivity contribution in [2.75, 3.05) is 33.0 Å². The Bertz CT molecular complexity index is 883. The lowest BCUT2D eigenvalue weighted by Crippen LogP contribution is -2.36. The molecule has 1 spiro atoms. The molecule has 192 valence electrons. The second kappa shape index (κ2) is 10.3. The zero-order valence-corrected chi connectivity index (χ0v) is 21.1. The zero-order chi connectivity index (χ0) is 23.7. The summed E-state index contributed by atoms with van der Waals surface area (Å²) in [4.78, 5) is 15.2. The molecule has 4 fully saturated rings. The maximum Gasteiger partial charge on any atom is 0.231 e. The van der Waals surface area contributed by atoms with Gasteiger partial charge in [-0.1, -0.05) is 12.1 Å². The van der Waals surface area contributed by atoms with Crippen LogP contribution in [-0.4, -0.2) is 56.0 Å². The lowest BCUT2D eigenvalue weighted by atomic mass is 9.78. The van der Waals surface area contributed by atoms with E-state index in [9.17, 15) is 4.79 Å². The van der Waals surface area contributed by atoms with Gasteiger partial charge in [0.1, 0.15) is 0 Å². The third-order valence-electron chi connectivity index (χ3n) is 9.62. The van der Waals surface area contributed by atoms with Crippen LogP contribution in [0.3, 0.4) is 0 Å². The standard InChI is InChI=1S/C29H42N2O4/c32-27(18-23-4-1-2-17-33-23)30-26-19-29(26)12-7-21(8-13-29)9-14-31-15-10-22(11-16-31)24-5-3-6-25-28(24)35-20-34-25/h3,5-6,21-23,26H,1-2,4,7-20H2,(H,30,32)/t21?,23-,26+,29?/m1/s1. The van der Waals surface area contributed by atoms with E-state index >= 15 is 0 Å². The normalized spacial score (nSPS) is 33.1. The molecule has 6 rings (SSSR count). The average molecular weight is 483 g/mol. The summed E-state index contributed by atoms with van der Waals surface area (Å²) in [6.45, 7) is 4.79. The van der Waals surface area contributed by atoms with Crippen molar-refractivity contribution in [3.63, 3.8) is 0 Å². The van der Waals surface area contributed by atoms with Crippen molar-refractivity contribution in [1.82, 2.24) is 10.2 Å². The minimum atomic E-state index is 0.148. The van der Waals surface area contributed by atoms with Crippen molar-refractivity contribution in [1.29, 1.82) is 0 Å². The molecule has 6 heteroatoms. The van der Waals surface area contributed by atoms with E-state index < -0.39 is 0 Å². The van der Waals surface area contributed by atoms with Crippen LogP contribution in [0.4, 0.5) is 0 Å². The number of carbonyl (C=O) groups is 1. The van der Waals surface area contributed by atoms with Crippen molar-refractivity contribution in [2.24, 2.45) is 11.3 Å². The molecule has 0 radical (unpaired) electrons. The van der Waals surface area contributed by atoms with E-state index in [1.807, 2.05) is 6.07 Å². The molecule has 1 amide bonds. The van der Waals surface area contributed by atoms with Crippen molar-refractivity contribution in [3.8, 4) is 11.5 Å². The molecule has 2 aliphatic carbocycles. The Morgan fingerprint density at radius 1 is 1.06 bits per heavy atom. The molecule has 2 saturated heterocycles. The van der Waals surface area contributed by atoms with Crippen molar-refractivity contribution < 1.29 is 19.0 Å². The SMILES string of the molecule is O=C(C[C@H]1CCCCO1)N[C@H]1CC12CCC(CCN1CCC(c3cccc4c3OCO4)CC1)CC2. The maximum atomic E-state index is 12.5. The van der Waals surface area contributed by atoms with E-state index in [0.717, 1.165) is 36.9 Å². The lowest BCUT2D eigenvalue weighted by molar-refractivity contribution is -0.125. The number of para-hydroxylation sites is 1. The van der Waals surface area contributed by atoms with E-state index in [4.69, 9.17) is 14.2 Å². The predicted octanol–water partition coefficient (Wildman–Crippen LogP) is 5.01. The molecule has 1 aromatic carbocycles. The molecule has 35 heavy (non-hydrogen) atoms. The average Bonchev–Trinajstić information content (AvgIpc) is 3.30. The van der Waals surface area contributed by atoms with E-state index in [1.54, 1.807) is 0 Å². The van der Waals surface area contributed by atoms with Gasteiger partial charge in [0.25, 0.3) is 0 Å². The third kappa shape index (κ3) is 5.34. The van der Waals surface area contributed by atoms with Gasteiger partial charge in [0, 0.05) is 18.2 Å². The lowest BCUT2D eigenvalue weighted by Gasteiger charge is -2.35. The minimum Gasteiger partial charge on any atom is -0.454 e. The number of hydrogen-bond donors (Lipinski definition) is 1. The summed E-state index contributed by atoms with van der Waals surface area (Å²) in [5.41, 5.74) is 1.76. The monoisotopic (exact) mass is 482 g/mol. The number of fused-ring (bicyclic) bond motifs is 1. The summed E-state index contributed by atoms with van der Waals surface area (Å²) in [7, 11) is 0. The molecule has 6 nitrogen and oxygen atoms in total. The second-order valence-corrected chi connectivity index (χ2v) is 11.8.